The first kappa shape index (κ1) is 19.3. The summed E-state index contributed by atoms with van der Waals surface area (Å²) in [6.07, 6.45) is 0. The lowest BCUT2D eigenvalue weighted by atomic mass is 9.78. The van der Waals surface area contributed by atoms with Crippen molar-refractivity contribution in [3.63, 3.8) is 0 Å². The molecule has 0 aliphatic carbocycles. The molecule has 0 radical (unpaired) electrons. The first-order valence-corrected chi connectivity index (χ1v) is 10.1. The first-order chi connectivity index (χ1) is 11.8. The fraction of sp³-hybridized carbons (Fsp3) is 0.588. The van der Waals surface area contributed by atoms with E-state index < -0.39 is 40.2 Å². The number of aliphatic imine (C=N–C) groups is 1. The van der Waals surface area contributed by atoms with E-state index in [1.807, 2.05) is 27.7 Å². The van der Waals surface area contributed by atoms with Gasteiger partial charge in [-0.05, 0) is 46.1 Å². The summed E-state index contributed by atoms with van der Waals surface area (Å²) in [5.74, 6) is -0.432. The van der Waals surface area contributed by atoms with Gasteiger partial charge >= 0.3 is 7.12 Å². The van der Waals surface area contributed by atoms with Crippen molar-refractivity contribution in [3.8, 4) is 0 Å². The molecule has 9 heteroatoms. The van der Waals surface area contributed by atoms with Gasteiger partial charge in [0.1, 0.15) is 11.7 Å². The molecule has 2 aliphatic rings. The van der Waals surface area contributed by atoms with Crippen LogP contribution in [0.3, 0.4) is 0 Å². The van der Waals surface area contributed by atoms with Gasteiger partial charge in [-0.15, -0.1) is 0 Å². The lowest BCUT2D eigenvalue weighted by molar-refractivity contribution is 0.00578. The highest BCUT2D eigenvalue weighted by Gasteiger charge is 2.51. The molecule has 6 nitrogen and oxygen atoms in total. The van der Waals surface area contributed by atoms with E-state index in [1.165, 1.54) is 13.1 Å². The molecule has 0 amide bonds. The van der Waals surface area contributed by atoms with E-state index >= 15 is 0 Å². The maximum Gasteiger partial charge on any atom is 0.494 e. The molecule has 2 aliphatic heterocycles. The Hall–Kier alpha value is -1.45. The fourth-order valence-electron chi connectivity index (χ4n) is 2.96. The second-order valence-electron chi connectivity index (χ2n) is 7.81. The summed E-state index contributed by atoms with van der Waals surface area (Å²) in [6, 6.07) is 3.71. The van der Waals surface area contributed by atoms with Gasteiger partial charge in [0.2, 0.25) is 10.0 Å². The summed E-state index contributed by atoms with van der Waals surface area (Å²) in [6.45, 7) is 9.35. The van der Waals surface area contributed by atoms with Crippen molar-refractivity contribution in [1.29, 1.82) is 0 Å². The summed E-state index contributed by atoms with van der Waals surface area (Å²) in [7, 11) is -2.72. The average Bonchev–Trinajstić information content (AvgIpc) is 2.73. The van der Waals surface area contributed by atoms with Gasteiger partial charge in [0.05, 0.1) is 23.0 Å². The molecule has 142 valence electrons. The van der Waals surface area contributed by atoms with Gasteiger partial charge < -0.3 is 9.31 Å². The molecule has 26 heavy (non-hydrogen) atoms. The van der Waals surface area contributed by atoms with Crippen LogP contribution in [0.1, 0.15) is 46.2 Å². The number of nitrogens with zero attached hydrogens (tertiary/aromatic N) is 2. The molecule has 1 unspecified atom stereocenters. The quantitative estimate of drug-likeness (QED) is 0.733. The molecule has 3 rings (SSSR count). The van der Waals surface area contributed by atoms with Crippen molar-refractivity contribution >= 4 is 28.4 Å². The van der Waals surface area contributed by atoms with E-state index in [9.17, 15) is 12.8 Å². The molecule has 0 aromatic heterocycles. The van der Waals surface area contributed by atoms with Crippen LogP contribution in [0.15, 0.2) is 23.2 Å². The van der Waals surface area contributed by atoms with Gasteiger partial charge in [-0.1, -0.05) is 12.1 Å². The Bertz CT molecular complexity index is 854. The molecule has 0 spiro atoms. The van der Waals surface area contributed by atoms with E-state index in [0.29, 0.717) is 11.3 Å². The second-order valence-corrected chi connectivity index (χ2v) is 9.85. The molecule has 1 aromatic rings. The maximum absolute atomic E-state index is 14.5. The van der Waals surface area contributed by atoms with Crippen molar-refractivity contribution in [3.05, 3.63) is 29.6 Å². The predicted octanol–water partition coefficient (Wildman–Crippen LogP) is 1.86. The fourth-order valence-corrected chi connectivity index (χ4v) is 4.29. The molecule has 0 saturated carbocycles. The summed E-state index contributed by atoms with van der Waals surface area (Å²) in [5.41, 5.74) is -0.159. The normalized spacial score (nSPS) is 26.7. The van der Waals surface area contributed by atoms with E-state index in [-0.39, 0.29) is 11.3 Å². The molecule has 1 atom stereocenters. The molecular formula is C17H24BFN2O4S. The lowest BCUT2D eigenvalue weighted by Crippen LogP contribution is -2.41. The van der Waals surface area contributed by atoms with Crippen LogP contribution in [-0.2, 0) is 19.3 Å². The van der Waals surface area contributed by atoms with Crippen molar-refractivity contribution in [2.45, 2.75) is 51.9 Å². The third-order valence-corrected chi connectivity index (χ3v) is 7.32. The Balaban J connectivity index is 1.98. The van der Waals surface area contributed by atoms with E-state index in [0.717, 1.165) is 4.31 Å². The standard InChI is InChI=1S/C17H24BFN2O4S/c1-11-20-15(10-26(22,23)21(11)6)13-9-12(7-8-14(13)19)18-24-16(2,3)17(4,5)25-18/h7-9,15H,10H2,1-6H3. The van der Waals surface area contributed by atoms with Crippen LogP contribution in [0.5, 0.6) is 0 Å². The van der Waals surface area contributed by atoms with Gasteiger partial charge in [-0.2, -0.15) is 0 Å². The number of hydrogen-bond acceptors (Lipinski definition) is 5. The number of halogens is 1. The molecule has 1 saturated heterocycles. The minimum atomic E-state index is -3.52. The summed E-state index contributed by atoms with van der Waals surface area (Å²) in [4.78, 5) is 4.36. The SMILES string of the molecule is CC1=NC(c2cc(B3OC(C)(C)C(C)(C)O3)ccc2F)CS(=O)(=O)N1C. The van der Waals surface area contributed by atoms with E-state index in [1.54, 1.807) is 19.1 Å². The van der Waals surface area contributed by atoms with Gasteiger partial charge in [0.15, 0.2) is 0 Å². The summed E-state index contributed by atoms with van der Waals surface area (Å²) >= 11 is 0. The molecule has 2 heterocycles. The maximum atomic E-state index is 14.5. The number of sulfonamides is 1. The number of hydrogen-bond donors (Lipinski definition) is 0. The van der Waals surface area contributed by atoms with Gasteiger partial charge in [0.25, 0.3) is 0 Å². The minimum Gasteiger partial charge on any atom is -0.399 e. The van der Waals surface area contributed by atoms with Crippen LogP contribution >= 0.6 is 0 Å². The van der Waals surface area contributed by atoms with Crippen LogP contribution in [-0.4, -0.2) is 49.7 Å². The van der Waals surface area contributed by atoms with Crippen molar-refractivity contribution < 1.29 is 22.1 Å². The zero-order valence-corrected chi connectivity index (χ0v) is 16.7. The largest absolute Gasteiger partial charge is 0.494 e. The van der Waals surface area contributed by atoms with E-state index in [2.05, 4.69) is 4.99 Å². The minimum absolute atomic E-state index is 0.230. The Kier molecular flexibility index (Phi) is 4.49. The van der Waals surface area contributed by atoms with Crippen molar-refractivity contribution in [2.24, 2.45) is 4.99 Å². The predicted molar refractivity (Wildman–Crippen MR) is 99.5 cm³/mol. The van der Waals surface area contributed by atoms with Crippen LogP contribution in [0, 0.1) is 5.82 Å². The van der Waals surface area contributed by atoms with E-state index in [4.69, 9.17) is 9.31 Å². The van der Waals surface area contributed by atoms with Crippen LogP contribution in [0.4, 0.5) is 4.39 Å². The Labute approximate surface area is 154 Å². The Morgan fingerprint density at radius 3 is 2.35 bits per heavy atom. The highest BCUT2D eigenvalue weighted by atomic mass is 32.2. The van der Waals surface area contributed by atoms with Crippen LogP contribution < -0.4 is 5.46 Å². The number of benzene rings is 1. The monoisotopic (exact) mass is 382 g/mol. The topological polar surface area (TPSA) is 68.2 Å². The number of rotatable bonds is 2. The van der Waals surface area contributed by atoms with Gasteiger partial charge in [-0.3, -0.25) is 9.30 Å². The van der Waals surface area contributed by atoms with Crippen molar-refractivity contribution in [1.82, 2.24) is 4.31 Å². The molecule has 0 bridgehead atoms. The second kappa shape index (κ2) is 6.04. The molecule has 0 N–H and O–H groups in total. The zero-order chi connectivity index (χ0) is 19.5. The van der Waals surface area contributed by atoms with Gasteiger partial charge in [0, 0.05) is 12.6 Å². The third-order valence-electron chi connectivity index (χ3n) is 5.49. The summed E-state index contributed by atoms with van der Waals surface area (Å²) < 4.78 is 52.1. The lowest BCUT2D eigenvalue weighted by Gasteiger charge is -2.32. The highest BCUT2D eigenvalue weighted by molar-refractivity contribution is 7.89. The average molecular weight is 382 g/mol. The summed E-state index contributed by atoms with van der Waals surface area (Å²) in [5, 5.41) is 0. The smallest absolute Gasteiger partial charge is 0.399 e. The molecule has 1 fully saturated rings. The molecule has 1 aromatic carbocycles. The third kappa shape index (κ3) is 3.16. The number of amidine groups is 1. The van der Waals surface area contributed by atoms with Gasteiger partial charge in [-0.25, -0.2) is 12.8 Å². The Morgan fingerprint density at radius 1 is 1.23 bits per heavy atom. The van der Waals surface area contributed by atoms with Crippen LogP contribution in [0.25, 0.3) is 0 Å². The van der Waals surface area contributed by atoms with Crippen LogP contribution in [0.2, 0.25) is 0 Å². The molecular weight excluding hydrogens is 358 g/mol. The van der Waals surface area contributed by atoms with Crippen molar-refractivity contribution in [2.75, 3.05) is 12.8 Å². The Morgan fingerprint density at radius 2 is 1.81 bits per heavy atom. The first-order valence-electron chi connectivity index (χ1n) is 8.50. The zero-order valence-electron chi connectivity index (χ0n) is 15.9. The highest BCUT2D eigenvalue weighted by Crippen LogP contribution is 2.37.